The summed E-state index contributed by atoms with van der Waals surface area (Å²) in [5.74, 6) is 2.69. The topological polar surface area (TPSA) is 34.0 Å². The zero-order valence-electron chi connectivity index (χ0n) is 20.8. The van der Waals surface area contributed by atoms with Crippen LogP contribution in [0.3, 0.4) is 0 Å². The highest BCUT2D eigenvalue weighted by molar-refractivity contribution is 5.92. The first-order valence-electron chi connectivity index (χ1n) is 13.6. The molecule has 3 aromatic carbocycles. The fourth-order valence-corrected chi connectivity index (χ4v) is 8.01. The predicted molar refractivity (Wildman–Crippen MR) is 146 cm³/mol. The first-order chi connectivity index (χ1) is 17.6. The molecule has 4 saturated carbocycles. The Morgan fingerprint density at radius 2 is 1.44 bits per heavy atom. The summed E-state index contributed by atoms with van der Waals surface area (Å²) in [7, 11) is 0. The molecule has 4 bridgehead atoms. The standard InChI is InChI=1S/C33H34N2O/c36-32(34-33-18-24-13-25(19-33)15-26(14-24)20-33)17-29-22-35(21-23-7-3-1-4-8-23)31-12-11-28(16-30(29)31)27-9-5-2-6-10-27/h1-12,16,22,24-26H,13-15,17-21H2,(H,34,36). The van der Waals surface area contributed by atoms with E-state index in [1.54, 1.807) is 0 Å². The second kappa shape index (κ2) is 8.65. The molecule has 1 aromatic heterocycles. The molecule has 4 aliphatic carbocycles. The monoisotopic (exact) mass is 474 g/mol. The van der Waals surface area contributed by atoms with Gasteiger partial charge in [0.25, 0.3) is 0 Å². The third-order valence-corrected chi connectivity index (χ3v) is 9.06. The number of carbonyl (C=O) groups is 1. The van der Waals surface area contributed by atoms with E-state index in [9.17, 15) is 4.79 Å². The van der Waals surface area contributed by atoms with Crippen LogP contribution in [-0.4, -0.2) is 16.0 Å². The molecule has 36 heavy (non-hydrogen) atoms. The minimum atomic E-state index is 0.0590. The predicted octanol–water partition coefficient (Wildman–Crippen LogP) is 6.98. The van der Waals surface area contributed by atoms with Gasteiger partial charge in [0.1, 0.15) is 0 Å². The Hall–Kier alpha value is -3.33. The molecule has 4 aliphatic rings. The van der Waals surface area contributed by atoms with Crippen molar-refractivity contribution in [3.8, 4) is 11.1 Å². The van der Waals surface area contributed by atoms with E-state index in [0.29, 0.717) is 6.42 Å². The largest absolute Gasteiger partial charge is 0.350 e. The van der Waals surface area contributed by atoms with Gasteiger partial charge in [-0.25, -0.2) is 0 Å². The third-order valence-electron chi connectivity index (χ3n) is 9.06. The maximum absolute atomic E-state index is 13.5. The molecule has 4 fully saturated rings. The molecule has 182 valence electrons. The number of carbonyl (C=O) groups excluding carboxylic acids is 1. The van der Waals surface area contributed by atoms with Gasteiger partial charge in [-0.1, -0.05) is 66.7 Å². The van der Waals surface area contributed by atoms with Crippen molar-refractivity contribution in [2.75, 3.05) is 0 Å². The molecule has 1 heterocycles. The second-order valence-electron chi connectivity index (χ2n) is 11.8. The van der Waals surface area contributed by atoms with Crippen LogP contribution in [0.2, 0.25) is 0 Å². The van der Waals surface area contributed by atoms with Crippen molar-refractivity contribution in [2.24, 2.45) is 17.8 Å². The second-order valence-corrected chi connectivity index (χ2v) is 11.8. The van der Waals surface area contributed by atoms with Gasteiger partial charge in [0.15, 0.2) is 0 Å². The molecule has 8 rings (SSSR count). The number of hydrogen-bond acceptors (Lipinski definition) is 1. The Morgan fingerprint density at radius 1 is 0.806 bits per heavy atom. The fourth-order valence-electron chi connectivity index (χ4n) is 8.01. The number of aromatic nitrogens is 1. The molecule has 0 radical (unpaired) electrons. The summed E-state index contributed by atoms with van der Waals surface area (Å²) >= 11 is 0. The molecule has 3 heteroatoms. The van der Waals surface area contributed by atoms with Crippen LogP contribution in [0, 0.1) is 17.8 Å². The first-order valence-corrected chi connectivity index (χ1v) is 13.6. The highest BCUT2D eigenvalue weighted by Crippen LogP contribution is 2.55. The van der Waals surface area contributed by atoms with Gasteiger partial charge in [-0.2, -0.15) is 0 Å². The lowest BCUT2D eigenvalue weighted by atomic mass is 9.53. The number of rotatable bonds is 6. The van der Waals surface area contributed by atoms with Gasteiger partial charge in [0.05, 0.1) is 6.42 Å². The van der Waals surface area contributed by atoms with Crippen molar-refractivity contribution in [1.82, 2.24) is 9.88 Å². The van der Waals surface area contributed by atoms with E-state index in [4.69, 9.17) is 0 Å². The zero-order valence-corrected chi connectivity index (χ0v) is 20.8. The molecule has 1 N–H and O–H groups in total. The number of fused-ring (bicyclic) bond motifs is 1. The summed E-state index contributed by atoms with van der Waals surface area (Å²) in [4.78, 5) is 13.5. The van der Waals surface area contributed by atoms with Crippen molar-refractivity contribution in [3.05, 3.63) is 96.2 Å². The Balaban J connectivity index is 1.21. The van der Waals surface area contributed by atoms with E-state index in [-0.39, 0.29) is 11.4 Å². The molecule has 0 aliphatic heterocycles. The van der Waals surface area contributed by atoms with Gasteiger partial charge in [0, 0.05) is 29.2 Å². The van der Waals surface area contributed by atoms with Gasteiger partial charge in [-0.15, -0.1) is 0 Å². The summed E-state index contributed by atoms with van der Waals surface area (Å²) < 4.78 is 2.31. The quantitative estimate of drug-likeness (QED) is 0.321. The number of amides is 1. The fraction of sp³-hybridized carbons (Fsp3) is 0.364. The SMILES string of the molecule is O=C(Cc1cn(Cc2ccccc2)c2ccc(-c3ccccc3)cc12)NC12CC3CC(CC(C3)C1)C2. The van der Waals surface area contributed by atoms with Crippen LogP contribution >= 0.6 is 0 Å². The van der Waals surface area contributed by atoms with Gasteiger partial charge in [-0.05, 0) is 90.7 Å². The molecule has 3 nitrogen and oxygen atoms in total. The Labute approximate surface area is 213 Å². The highest BCUT2D eigenvalue weighted by Gasteiger charge is 2.51. The van der Waals surface area contributed by atoms with Crippen molar-refractivity contribution in [1.29, 1.82) is 0 Å². The average Bonchev–Trinajstić information content (AvgIpc) is 3.20. The Kier molecular flexibility index (Phi) is 5.27. The molecule has 4 aromatic rings. The smallest absolute Gasteiger partial charge is 0.224 e. The van der Waals surface area contributed by atoms with Crippen LogP contribution < -0.4 is 5.32 Å². The molecule has 0 atom stereocenters. The molecular weight excluding hydrogens is 440 g/mol. The first kappa shape index (κ1) is 21.9. The van der Waals surface area contributed by atoms with Crippen LogP contribution in [-0.2, 0) is 17.8 Å². The lowest BCUT2D eigenvalue weighted by Crippen LogP contribution is -2.60. The van der Waals surface area contributed by atoms with Crippen molar-refractivity contribution in [2.45, 2.75) is 57.0 Å². The van der Waals surface area contributed by atoms with Crippen LogP contribution in [0.5, 0.6) is 0 Å². The number of nitrogens with one attached hydrogen (secondary N) is 1. The van der Waals surface area contributed by atoms with Crippen LogP contribution in [0.4, 0.5) is 0 Å². The van der Waals surface area contributed by atoms with Crippen molar-refractivity contribution < 1.29 is 4.79 Å². The van der Waals surface area contributed by atoms with E-state index in [0.717, 1.165) is 29.9 Å². The molecule has 1 amide bonds. The third kappa shape index (κ3) is 4.05. The molecule has 0 spiro atoms. The summed E-state index contributed by atoms with van der Waals surface area (Å²) in [6, 6.07) is 27.8. The van der Waals surface area contributed by atoms with Crippen molar-refractivity contribution >= 4 is 16.8 Å². The summed E-state index contributed by atoms with van der Waals surface area (Å²) in [6.45, 7) is 0.804. The number of benzene rings is 3. The molecule has 0 saturated heterocycles. The normalized spacial score (nSPS) is 26.4. The Bertz CT molecular complexity index is 1370. The minimum Gasteiger partial charge on any atom is -0.350 e. The van der Waals surface area contributed by atoms with E-state index in [1.165, 1.54) is 66.1 Å². The van der Waals surface area contributed by atoms with Crippen LogP contribution in [0.25, 0.3) is 22.0 Å². The maximum atomic E-state index is 13.5. The van der Waals surface area contributed by atoms with Gasteiger partial charge in [0.2, 0.25) is 5.91 Å². The van der Waals surface area contributed by atoms with E-state index in [1.807, 2.05) is 0 Å². The van der Waals surface area contributed by atoms with E-state index >= 15 is 0 Å². The molecule has 0 unspecified atom stereocenters. The minimum absolute atomic E-state index is 0.0590. The summed E-state index contributed by atoms with van der Waals surface area (Å²) in [5, 5.41) is 4.78. The lowest BCUT2D eigenvalue weighted by molar-refractivity contribution is -0.126. The van der Waals surface area contributed by atoms with E-state index in [2.05, 4.69) is 94.9 Å². The lowest BCUT2D eigenvalue weighted by Gasteiger charge is -2.56. The Morgan fingerprint density at radius 3 is 2.11 bits per heavy atom. The highest BCUT2D eigenvalue weighted by atomic mass is 16.1. The summed E-state index contributed by atoms with van der Waals surface area (Å²) in [5.41, 5.74) is 6.05. The van der Waals surface area contributed by atoms with Gasteiger partial charge >= 0.3 is 0 Å². The molecular formula is C33H34N2O. The summed E-state index contributed by atoms with van der Waals surface area (Å²) in [6.07, 6.45) is 10.4. The van der Waals surface area contributed by atoms with Crippen LogP contribution in [0.15, 0.2) is 85.1 Å². The van der Waals surface area contributed by atoms with Crippen LogP contribution in [0.1, 0.15) is 49.7 Å². The number of hydrogen-bond donors (Lipinski definition) is 1. The van der Waals surface area contributed by atoms with Gasteiger partial charge in [-0.3, -0.25) is 4.79 Å². The number of nitrogens with zero attached hydrogens (tertiary/aromatic N) is 1. The zero-order chi connectivity index (χ0) is 24.1. The van der Waals surface area contributed by atoms with Crippen molar-refractivity contribution in [3.63, 3.8) is 0 Å². The van der Waals surface area contributed by atoms with Gasteiger partial charge < -0.3 is 9.88 Å². The average molecular weight is 475 g/mol. The maximum Gasteiger partial charge on any atom is 0.224 e. The van der Waals surface area contributed by atoms with E-state index < -0.39 is 0 Å².